The third-order valence-corrected chi connectivity index (χ3v) is 3.91. The molecule has 20 heavy (non-hydrogen) atoms. The van der Waals surface area contributed by atoms with Gasteiger partial charge in [0.15, 0.2) is 0 Å². The number of hydrogen-bond acceptors (Lipinski definition) is 3. The molecule has 1 aromatic rings. The molecule has 5 heteroatoms. The van der Waals surface area contributed by atoms with Crippen LogP contribution in [0, 0.1) is 11.8 Å². The van der Waals surface area contributed by atoms with Crippen LogP contribution in [0.3, 0.4) is 0 Å². The van der Waals surface area contributed by atoms with Crippen LogP contribution in [0.25, 0.3) is 0 Å². The summed E-state index contributed by atoms with van der Waals surface area (Å²) < 4.78 is 0. The Balaban J connectivity index is 0.00000200. The van der Waals surface area contributed by atoms with E-state index in [9.17, 15) is 4.79 Å². The minimum atomic E-state index is 0. The standard InChI is InChI=1S/C15H23N3O.ClH/c1-11-2-4-12(5-3-11)9-18-15(19)8-14-7-6-13(16)10-17-14;/h6-7,10-12H,2-5,8-9,16H2,1H3,(H,18,19);1H. The fourth-order valence-electron chi connectivity index (χ4n) is 2.56. The average molecular weight is 298 g/mol. The Morgan fingerprint density at radius 3 is 2.65 bits per heavy atom. The highest BCUT2D eigenvalue weighted by atomic mass is 35.5. The molecule has 1 heterocycles. The molecular formula is C15H24ClN3O. The van der Waals surface area contributed by atoms with Crippen LogP contribution < -0.4 is 11.1 Å². The van der Waals surface area contributed by atoms with Crippen molar-refractivity contribution in [1.29, 1.82) is 0 Å². The highest BCUT2D eigenvalue weighted by molar-refractivity contribution is 5.85. The van der Waals surface area contributed by atoms with Gasteiger partial charge in [-0.2, -0.15) is 0 Å². The van der Waals surface area contributed by atoms with Crippen LogP contribution in [-0.2, 0) is 11.2 Å². The van der Waals surface area contributed by atoms with Crippen molar-refractivity contribution in [2.75, 3.05) is 12.3 Å². The number of aromatic nitrogens is 1. The van der Waals surface area contributed by atoms with Gasteiger partial charge < -0.3 is 11.1 Å². The van der Waals surface area contributed by atoms with Gasteiger partial charge >= 0.3 is 0 Å². The van der Waals surface area contributed by atoms with Gasteiger partial charge in [-0.3, -0.25) is 9.78 Å². The Kier molecular flexibility index (Phi) is 6.79. The van der Waals surface area contributed by atoms with E-state index < -0.39 is 0 Å². The summed E-state index contributed by atoms with van der Waals surface area (Å²) in [5.41, 5.74) is 6.95. The molecule has 0 radical (unpaired) electrons. The summed E-state index contributed by atoms with van der Waals surface area (Å²) in [5, 5.41) is 3.02. The van der Waals surface area contributed by atoms with Crippen molar-refractivity contribution >= 4 is 24.0 Å². The van der Waals surface area contributed by atoms with Gasteiger partial charge in [0.05, 0.1) is 18.3 Å². The molecular weight excluding hydrogens is 274 g/mol. The molecule has 0 saturated heterocycles. The zero-order valence-electron chi connectivity index (χ0n) is 12.0. The normalized spacial score (nSPS) is 21.9. The van der Waals surface area contributed by atoms with E-state index in [2.05, 4.69) is 17.2 Å². The molecule has 0 bridgehead atoms. The summed E-state index contributed by atoms with van der Waals surface area (Å²) in [6, 6.07) is 3.58. The van der Waals surface area contributed by atoms with Gasteiger partial charge in [-0.25, -0.2) is 0 Å². The van der Waals surface area contributed by atoms with Crippen molar-refractivity contribution in [1.82, 2.24) is 10.3 Å². The number of halogens is 1. The van der Waals surface area contributed by atoms with Crippen LogP contribution in [0.1, 0.15) is 38.3 Å². The first kappa shape index (κ1) is 16.8. The summed E-state index contributed by atoms with van der Waals surface area (Å²) in [5.74, 6) is 1.56. The summed E-state index contributed by atoms with van der Waals surface area (Å²) in [6.07, 6.45) is 6.98. The molecule has 112 valence electrons. The lowest BCUT2D eigenvalue weighted by Gasteiger charge is -2.26. The predicted octanol–water partition coefficient (Wildman–Crippen LogP) is 2.57. The molecule has 1 amide bonds. The smallest absolute Gasteiger partial charge is 0.226 e. The number of anilines is 1. The van der Waals surface area contributed by atoms with Crippen molar-refractivity contribution in [2.24, 2.45) is 11.8 Å². The second-order valence-electron chi connectivity index (χ2n) is 5.69. The first-order valence-corrected chi connectivity index (χ1v) is 7.10. The van der Waals surface area contributed by atoms with Crippen LogP contribution in [0.5, 0.6) is 0 Å². The maximum Gasteiger partial charge on any atom is 0.226 e. The second kappa shape index (κ2) is 8.10. The fraction of sp³-hybridized carbons (Fsp3) is 0.600. The molecule has 2 rings (SSSR count). The van der Waals surface area contributed by atoms with E-state index in [1.807, 2.05) is 0 Å². The van der Waals surface area contributed by atoms with Crippen LogP contribution in [-0.4, -0.2) is 17.4 Å². The lowest BCUT2D eigenvalue weighted by Crippen LogP contribution is -2.32. The molecule has 0 aromatic carbocycles. The Hall–Kier alpha value is -1.29. The first-order chi connectivity index (χ1) is 9.13. The predicted molar refractivity (Wildman–Crippen MR) is 83.7 cm³/mol. The van der Waals surface area contributed by atoms with Crippen LogP contribution in [0.2, 0.25) is 0 Å². The number of nitrogens with zero attached hydrogens (tertiary/aromatic N) is 1. The highest BCUT2D eigenvalue weighted by Gasteiger charge is 2.18. The van der Waals surface area contributed by atoms with Crippen molar-refractivity contribution in [2.45, 2.75) is 39.0 Å². The number of carbonyl (C=O) groups is 1. The van der Waals surface area contributed by atoms with Crippen molar-refractivity contribution in [3.8, 4) is 0 Å². The third-order valence-electron chi connectivity index (χ3n) is 3.91. The number of nitrogens with one attached hydrogen (secondary N) is 1. The van der Waals surface area contributed by atoms with Crippen molar-refractivity contribution in [3.63, 3.8) is 0 Å². The molecule has 0 aliphatic heterocycles. The molecule has 1 saturated carbocycles. The minimum Gasteiger partial charge on any atom is -0.397 e. The zero-order valence-corrected chi connectivity index (χ0v) is 12.8. The van der Waals surface area contributed by atoms with E-state index >= 15 is 0 Å². The molecule has 1 aliphatic carbocycles. The fourth-order valence-corrected chi connectivity index (χ4v) is 2.56. The van der Waals surface area contributed by atoms with E-state index in [1.54, 1.807) is 18.3 Å². The molecule has 3 N–H and O–H groups in total. The third kappa shape index (κ3) is 5.37. The Morgan fingerprint density at radius 2 is 2.05 bits per heavy atom. The lowest BCUT2D eigenvalue weighted by atomic mass is 9.83. The van der Waals surface area contributed by atoms with Gasteiger partial charge in [0.25, 0.3) is 0 Å². The second-order valence-corrected chi connectivity index (χ2v) is 5.69. The van der Waals surface area contributed by atoms with Gasteiger partial charge in [-0.1, -0.05) is 19.8 Å². The molecule has 1 fully saturated rings. The van der Waals surface area contributed by atoms with E-state index in [4.69, 9.17) is 5.73 Å². The topological polar surface area (TPSA) is 68.0 Å². The van der Waals surface area contributed by atoms with E-state index in [-0.39, 0.29) is 18.3 Å². The number of pyridine rings is 1. The van der Waals surface area contributed by atoms with E-state index in [1.165, 1.54) is 25.7 Å². The van der Waals surface area contributed by atoms with Gasteiger partial charge in [0, 0.05) is 12.2 Å². The van der Waals surface area contributed by atoms with Gasteiger partial charge in [0.1, 0.15) is 0 Å². The molecule has 4 nitrogen and oxygen atoms in total. The average Bonchev–Trinajstić information content (AvgIpc) is 2.41. The maximum absolute atomic E-state index is 11.8. The van der Waals surface area contributed by atoms with Crippen LogP contribution in [0.4, 0.5) is 5.69 Å². The molecule has 1 aliphatic rings. The van der Waals surface area contributed by atoms with E-state index in [0.29, 0.717) is 18.0 Å². The van der Waals surface area contributed by atoms with Gasteiger partial charge in [-0.15, -0.1) is 12.4 Å². The number of nitrogen functional groups attached to an aromatic ring is 1. The number of carbonyl (C=O) groups excluding carboxylic acids is 1. The summed E-state index contributed by atoms with van der Waals surface area (Å²) in [4.78, 5) is 16.0. The monoisotopic (exact) mass is 297 g/mol. The van der Waals surface area contributed by atoms with E-state index in [0.717, 1.165) is 18.2 Å². The molecule has 0 atom stereocenters. The van der Waals surface area contributed by atoms with Crippen LogP contribution in [0.15, 0.2) is 18.3 Å². The van der Waals surface area contributed by atoms with Crippen LogP contribution >= 0.6 is 12.4 Å². The SMILES string of the molecule is CC1CCC(CNC(=O)Cc2ccc(N)cn2)CC1.Cl. The lowest BCUT2D eigenvalue weighted by molar-refractivity contribution is -0.120. The molecule has 1 aromatic heterocycles. The first-order valence-electron chi connectivity index (χ1n) is 7.10. The number of rotatable bonds is 4. The van der Waals surface area contributed by atoms with Crippen molar-refractivity contribution < 1.29 is 4.79 Å². The Morgan fingerprint density at radius 1 is 1.35 bits per heavy atom. The highest BCUT2D eigenvalue weighted by Crippen LogP contribution is 2.27. The van der Waals surface area contributed by atoms with Crippen molar-refractivity contribution in [3.05, 3.63) is 24.0 Å². The quantitative estimate of drug-likeness (QED) is 0.897. The minimum absolute atomic E-state index is 0. The van der Waals surface area contributed by atoms with Gasteiger partial charge in [0.2, 0.25) is 5.91 Å². The zero-order chi connectivity index (χ0) is 13.7. The Labute approximate surface area is 126 Å². The number of hydrogen-bond donors (Lipinski definition) is 2. The number of nitrogens with two attached hydrogens (primary N) is 1. The summed E-state index contributed by atoms with van der Waals surface area (Å²) in [7, 11) is 0. The molecule has 0 spiro atoms. The summed E-state index contributed by atoms with van der Waals surface area (Å²) >= 11 is 0. The largest absolute Gasteiger partial charge is 0.397 e. The Bertz CT molecular complexity index is 414. The van der Waals surface area contributed by atoms with Gasteiger partial charge in [-0.05, 0) is 36.8 Å². The molecule has 0 unspecified atom stereocenters. The maximum atomic E-state index is 11.8. The summed E-state index contributed by atoms with van der Waals surface area (Å²) in [6.45, 7) is 3.11. The number of amides is 1.